The van der Waals surface area contributed by atoms with E-state index in [1.807, 2.05) is 6.07 Å². The first-order valence-electron chi connectivity index (χ1n) is 10.2. The number of nitrogens with zero attached hydrogens (tertiary/aromatic N) is 2. The molecule has 1 fully saturated rings. The summed E-state index contributed by atoms with van der Waals surface area (Å²) in [4.78, 5) is 17.2. The summed E-state index contributed by atoms with van der Waals surface area (Å²) in [5.74, 6) is 0.125. The molecule has 1 aliphatic heterocycles. The van der Waals surface area contributed by atoms with Crippen molar-refractivity contribution in [3.63, 3.8) is 0 Å². The molecule has 0 radical (unpaired) electrons. The van der Waals surface area contributed by atoms with E-state index in [4.69, 9.17) is 0 Å². The van der Waals surface area contributed by atoms with Crippen LogP contribution >= 0.6 is 0 Å². The largest absolute Gasteiger partial charge is 0.326 e. The van der Waals surface area contributed by atoms with Gasteiger partial charge in [0.2, 0.25) is 5.91 Å². The summed E-state index contributed by atoms with van der Waals surface area (Å²) in [5, 5.41) is 3.08. The van der Waals surface area contributed by atoms with Crippen LogP contribution in [0.15, 0.2) is 48.5 Å². The predicted octanol–water partition coefficient (Wildman–Crippen LogP) is 3.32. The van der Waals surface area contributed by atoms with Gasteiger partial charge in [-0.05, 0) is 48.1 Å². The molecule has 4 nitrogen and oxygen atoms in total. The second-order valence-electron chi connectivity index (χ2n) is 7.74. The Hall–Kier alpha value is -2.17. The molecular formula is C23H29N3O. The maximum Gasteiger partial charge on any atom is 0.225 e. The Morgan fingerprint density at radius 1 is 0.889 bits per heavy atom. The highest BCUT2D eigenvalue weighted by Crippen LogP contribution is 2.24. The van der Waals surface area contributed by atoms with Gasteiger partial charge in [0.15, 0.2) is 0 Å². The lowest BCUT2D eigenvalue weighted by Crippen LogP contribution is -2.46. The van der Waals surface area contributed by atoms with Gasteiger partial charge in [-0.3, -0.25) is 9.69 Å². The molecule has 1 heterocycles. The Bertz CT molecular complexity index is 766. The van der Waals surface area contributed by atoms with E-state index in [0.717, 1.165) is 51.4 Å². The van der Waals surface area contributed by atoms with Gasteiger partial charge in [0.1, 0.15) is 0 Å². The normalized spacial score (nSPS) is 17.6. The molecule has 1 N–H and O–H groups in total. The molecule has 1 aliphatic carbocycles. The smallest absolute Gasteiger partial charge is 0.225 e. The monoisotopic (exact) mass is 363 g/mol. The molecule has 2 aromatic carbocycles. The molecule has 1 saturated heterocycles. The second kappa shape index (κ2) is 8.68. The minimum absolute atomic E-state index is 0.125. The Kier molecular flexibility index (Phi) is 5.85. The van der Waals surface area contributed by atoms with Crippen molar-refractivity contribution in [2.24, 2.45) is 0 Å². The number of nitrogens with one attached hydrogen (secondary N) is 1. The molecule has 2 aliphatic rings. The highest BCUT2D eigenvalue weighted by atomic mass is 16.1. The molecule has 27 heavy (non-hydrogen) atoms. The van der Waals surface area contributed by atoms with Crippen LogP contribution < -0.4 is 5.32 Å². The van der Waals surface area contributed by atoms with Gasteiger partial charge in [0, 0.05) is 51.4 Å². The zero-order chi connectivity index (χ0) is 18.5. The van der Waals surface area contributed by atoms with E-state index in [1.165, 1.54) is 29.5 Å². The van der Waals surface area contributed by atoms with E-state index in [1.54, 1.807) is 0 Å². The first-order chi connectivity index (χ1) is 13.3. The number of anilines is 1. The van der Waals surface area contributed by atoms with Crippen molar-refractivity contribution in [1.29, 1.82) is 0 Å². The number of piperazine rings is 1. The molecule has 0 atom stereocenters. The first kappa shape index (κ1) is 18.2. The number of carbonyl (C=O) groups is 1. The zero-order valence-corrected chi connectivity index (χ0v) is 16.0. The number of benzene rings is 2. The highest BCUT2D eigenvalue weighted by Gasteiger charge is 2.18. The number of hydrogen-bond donors (Lipinski definition) is 1. The number of fused-ring (bicyclic) bond motifs is 1. The number of aryl methyl sites for hydroxylation is 2. The summed E-state index contributed by atoms with van der Waals surface area (Å²) in [6.45, 7) is 6.09. The van der Waals surface area contributed by atoms with Crippen LogP contribution in [0.4, 0.5) is 5.69 Å². The summed E-state index contributed by atoms with van der Waals surface area (Å²) < 4.78 is 0. The lowest BCUT2D eigenvalue weighted by atomic mass is 10.1. The van der Waals surface area contributed by atoms with Crippen LogP contribution in [0.5, 0.6) is 0 Å². The first-order valence-corrected chi connectivity index (χ1v) is 10.2. The van der Waals surface area contributed by atoms with E-state index in [-0.39, 0.29) is 5.91 Å². The molecule has 2 aromatic rings. The number of carbonyl (C=O) groups excluding carboxylic acids is 1. The fraction of sp³-hybridized carbons (Fsp3) is 0.435. The summed E-state index contributed by atoms with van der Waals surface area (Å²) in [6, 6.07) is 17.0. The van der Waals surface area contributed by atoms with Crippen LogP contribution in [0.25, 0.3) is 0 Å². The van der Waals surface area contributed by atoms with E-state index < -0.39 is 0 Å². The Morgan fingerprint density at radius 2 is 1.63 bits per heavy atom. The third-order valence-electron chi connectivity index (χ3n) is 5.75. The van der Waals surface area contributed by atoms with Gasteiger partial charge >= 0.3 is 0 Å². The Balaban J connectivity index is 1.18. The van der Waals surface area contributed by atoms with Gasteiger partial charge < -0.3 is 10.2 Å². The van der Waals surface area contributed by atoms with Crippen LogP contribution in [0.2, 0.25) is 0 Å². The molecule has 1 amide bonds. The molecule has 4 rings (SSSR count). The van der Waals surface area contributed by atoms with Crippen molar-refractivity contribution in [2.45, 2.75) is 32.2 Å². The van der Waals surface area contributed by atoms with E-state index in [0.29, 0.717) is 6.42 Å². The lowest BCUT2D eigenvalue weighted by Gasteiger charge is -2.34. The molecule has 142 valence electrons. The van der Waals surface area contributed by atoms with E-state index in [2.05, 4.69) is 57.6 Å². The van der Waals surface area contributed by atoms with Gasteiger partial charge in [-0.1, -0.05) is 36.4 Å². The molecule has 4 heteroatoms. The van der Waals surface area contributed by atoms with Crippen molar-refractivity contribution in [3.8, 4) is 0 Å². The minimum Gasteiger partial charge on any atom is -0.326 e. The van der Waals surface area contributed by atoms with E-state index >= 15 is 0 Å². The maximum atomic E-state index is 12.3. The summed E-state index contributed by atoms with van der Waals surface area (Å²) in [6.07, 6.45) is 4.13. The van der Waals surface area contributed by atoms with Gasteiger partial charge in [0.25, 0.3) is 0 Å². The molecule has 0 saturated carbocycles. The van der Waals surface area contributed by atoms with Crippen LogP contribution in [-0.4, -0.2) is 48.4 Å². The fourth-order valence-corrected chi connectivity index (χ4v) is 4.15. The highest BCUT2D eigenvalue weighted by molar-refractivity contribution is 5.91. The molecular weight excluding hydrogens is 334 g/mol. The van der Waals surface area contributed by atoms with Crippen molar-refractivity contribution in [2.75, 3.05) is 38.0 Å². The number of rotatable bonds is 6. The van der Waals surface area contributed by atoms with Crippen LogP contribution in [0, 0.1) is 0 Å². The topological polar surface area (TPSA) is 35.6 Å². The minimum atomic E-state index is 0.125. The van der Waals surface area contributed by atoms with Crippen LogP contribution in [0.3, 0.4) is 0 Å². The number of amides is 1. The third kappa shape index (κ3) is 4.96. The van der Waals surface area contributed by atoms with Gasteiger partial charge in [-0.25, -0.2) is 0 Å². The molecule has 0 unspecified atom stereocenters. The third-order valence-corrected chi connectivity index (χ3v) is 5.75. The van der Waals surface area contributed by atoms with E-state index in [9.17, 15) is 4.79 Å². The Morgan fingerprint density at radius 3 is 2.44 bits per heavy atom. The molecule has 0 bridgehead atoms. The summed E-state index contributed by atoms with van der Waals surface area (Å²) in [7, 11) is 0. The van der Waals surface area contributed by atoms with Crippen molar-refractivity contribution < 1.29 is 4.79 Å². The molecule has 0 spiro atoms. The second-order valence-corrected chi connectivity index (χ2v) is 7.74. The predicted molar refractivity (Wildman–Crippen MR) is 110 cm³/mol. The quantitative estimate of drug-likeness (QED) is 0.855. The zero-order valence-electron chi connectivity index (χ0n) is 16.0. The number of hydrogen-bond acceptors (Lipinski definition) is 3. The SMILES string of the molecule is O=C(CCN1CCN(Cc2ccccc2)CC1)Nc1ccc2c(c1)CCC2. The van der Waals surface area contributed by atoms with Gasteiger partial charge in [0.05, 0.1) is 0 Å². The summed E-state index contributed by atoms with van der Waals surface area (Å²) in [5.41, 5.74) is 5.18. The fourth-order valence-electron chi connectivity index (χ4n) is 4.15. The van der Waals surface area contributed by atoms with Crippen molar-refractivity contribution >= 4 is 11.6 Å². The standard InChI is InChI=1S/C23H29N3O/c27-23(24-22-10-9-20-7-4-8-21(20)17-22)11-12-25-13-15-26(16-14-25)18-19-5-2-1-3-6-19/h1-3,5-6,9-10,17H,4,7-8,11-16,18H2,(H,24,27). The summed E-state index contributed by atoms with van der Waals surface area (Å²) >= 11 is 0. The van der Waals surface area contributed by atoms with Gasteiger partial charge in [-0.2, -0.15) is 0 Å². The van der Waals surface area contributed by atoms with Crippen molar-refractivity contribution in [1.82, 2.24) is 9.80 Å². The molecule has 0 aromatic heterocycles. The average molecular weight is 364 g/mol. The maximum absolute atomic E-state index is 12.3. The Labute approximate surface area is 162 Å². The van der Waals surface area contributed by atoms with Crippen LogP contribution in [0.1, 0.15) is 29.5 Å². The van der Waals surface area contributed by atoms with Gasteiger partial charge in [-0.15, -0.1) is 0 Å². The van der Waals surface area contributed by atoms with Crippen LogP contribution in [-0.2, 0) is 24.2 Å². The lowest BCUT2D eigenvalue weighted by molar-refractivity contribution is -0.116. The average Bonchev–Trinajstić information content (AvgIpc) is 3.16. The van der Waals surface area contributed by atoms with Crippen molar-refractivity contribution in [3.05, 3.63) is 65.2 Å².